The van der Waals surface area contributed by atoms with Crippen LogP contribution in [0.4, 0.5) is 16.2 Å². The highest BCUT2D eigenvalue weighted by Gasteiger charge is 2.34. The lowest BCUT2D eigenvalue weighted by Gasteiger charge is -2.22. The van der Waals surface area contributed by atoms with Crippen LogP contribution in [0.2, 0.25) is 0 Å². The Labute approximate surface area is 207 Å². The van der Waals surface area contributed by atoms with Crippen molar-refractivity contribution in [3.8, 4) is 0 Å². The number of fused-ring (bicyclic) bond motifs is 1. The van der Waals surface area contributed by atoms with Gasteiger partial charge in [-0.3, -0.25) is 9.79 Å². The van der Waals surface area contributed by atoms with E-state index in [0.29, 0.717) is 5.69 Å². The minimum atomic E-state index is -1.01. The van der Waals surface area contributed by atoms with E-state index in [1.54, 1.807) is 11.9 Å². The van der Waals surface area contributed by atoms with Crippen LogP contribution in [-0.2, 0) is 4.79 Å². The number of halogens is 1. The number of benzene rings is 2. The summed E-state index contributed by atoms with van der Waals surface area (Å²) in [6.45, 7) is 7.42. The second kappa shape index (κ2) is 10.6. The average Bonchev–Trinajstić information content (AvgIpc) is 3.01. The second-order valence-electron chi connectivity index (χ2n) is 9.76. The number of carbonyl (C=O) groups is 2. The van der Waals surface area contributed by atoms with Gasteiger partial charge in [-0.1, -0.05) is 44.2 Å². The van der Waals surface area contributed by atoms with Crippen LogP contribution in [-0.4, -0.2) is 43.5 Å². The highest BCUT2D eigenvalue weighted by atomic mass is 35.5. The molecule has 1 fully saturated rings. The maximum Gasteiger partial charge on any atom is 0.321 e. The Kier molecular flexibility index (Phi) is 8.00. The predicted molar refractivity (Wildman–Crippen MR) is 140 cm³/mol. The molecule has 2 heterocycles. The molecule has 34 heavy (non-hydrogen) atoms. The molecule has 0 spiro atoms. The summed E-state index contributed by atoms with van der Waals surface area (Å²) in [5, 5.41) is 9.24. The number of para-hydroxylation sites is 1. The highest BCUT2D eigenvalue weighted by molar-refractivity contribution is 6.15. The minimum absolute atomic E-state index is 0. The van der Waals surface area contributed by atoms with Gasteiger partial charge in [0.05, 0.1) is 11.4 Å². The number of aryl methyl sites for hydroxylation is 1. The van der Waals surface area contributed by atoms with E-state index in [1.165, 1.54) is 0 Å². The quantitative estimate of drug-likeness (QED) is 0.600. The number of rotatable bonds is 3. The Bertz CT molecular complexity index is 1080. The maximum absolute atomic E-state index is 13.3. The number of likely N-dealkylation sites (N-methyl/N-ethyl adjacent to an activating group) is 1. The zero-order valence-corrected chi connectivity index (χ0v) is 21.0. The van der Waals surface area contributed by atoms with Crippen LogP contribution in [0.3, 0.4) is 0 Å². The molecule has 2 atom stereocenters. The van der Waals surface area contributed by atoms with Crippen molar-refractivity contribution in [3.05, 3.63) is 59.7 Å². The molecule has 4 rings (SSSR count). The number of nitrogens with one attached hydrogen (secondary N) is 3. The van der Waals surface area contributed by atoms with Crippen molar-refractivity contribution in [1.29, 1.82) is 0 Å². The van der Waals surface area contributed by atoms with Gasteiger partial charge in [-0.15, -0.1) is 12.4 Å². The van der Waals surface area contributed by atoms with Crippen LogP contribution < -0.4 is 20.9 Å². The van der Waals surface area contributed by atoms with Crippen LogP contribution in [0.15, 0.2) is 53.5 Å². The van der Waals surface area contributed by atoms with E-state index in [-0.39, 0.29) is 29.8 Å². The first-order chi connectivity index (χ1) is 15.7. The van der Waals surface area contributed by atoms with Crippen molar-refractivity contribution in [1.82, 2.24) is 10.6 Å². The Morgan fingerprint density at radius 1 is 1.15 bits per heavy atom. The van der Waals surface area contributed by atoms with E-state index in [2.05, 4.69) is 29.8 Å². The summed E-state index contributed by atoms with van der Waals surface area (Å²) in [4.78, 5) is 32.5. The molecule has 0 aromatic heterocycles. The van der Waals surface area contributed by atoms with Crippen molar-refractivity contribution < 1.29 is 9.59 Å². The zero-order valence-electron chi connectivity index (χ0n) is 20.2. The number of anilines is 2. The fourth-order valence-electron chi connectivity index (χ4n) is 4.51. The third-order valence-electron chi connectivity index (χ3n) is 6.55. The summed E-state index contributed by atoms with van der Waals surface area (Å²) in [5.74, 6) is -0.272. The standard InChI is InChI=1S/C26H33N5O2.ClH/c1-17-8-7-9-18(16-17)28-25(33)30-23-24(32)31(4)21-11-6-5-10-19(21)22(29-23)20-12-13-26(2,3)14-15-27-20;/h5-11,16,20,23,27H,12-15H2,1-4H3,(H2,28,30,33);1H. The van der Waals surface area contributed by atoms with Crippen molar-refractivity contribution >= 4 is 41.4 Å². The molecule has 2 unspecified atom stereocenters. The third kappa shape index (κ3) is 5.77. The molecule has 3 amide bonds. The number of urea groups is 1. The smallest absolute Gasteiger partial charge is 0.311 e. The Morgan fingerprint density at radius 2 is 1.91 bits per heavy atom. The Hall–Kier alpha value is -2.90. The second-order valence-corrected chi connectivity index (χ2v) is 9.76. The number of amides is 3. The molecule has 2 aliphatic rings. The number of benzodiazepines with no additional fused rings is 1. The van der Waals surface area contributed by atoms with Crippen LogP contribution in [0.1, 0.15) is 44.2 Å². The highest BCUT2D eigenvalue weighted by Crippen LogP contribution is 2.32. The third-order valence-corrected chi connectivity index (χ3v) is 6.55. The summed E-state index contributed by atoms with van der Waals surface area (Å²) < 4.78 is 0. The van der Waals surface area contributed by atoms with Gasteiger partial charge in [0.2, 0.25) is 6.17 Å². The Morgan fingerprint density at radius 3 is 2.68 bits per heavy atom. The number of nitrogens with zero attached hydrogens (tertiary/aromatic N) is 2. The number of carbonyl (C=O) groups excluding carboxylic acids is 2. The van der Waals surface area contributed by atoms with Gasteiger partial charge in [0, 0.05) is 24.3 Å². The molecule has 1 saturated heterocycles. The Balaban J connectivity index is 0.00000324. The van der Waals surface area contributed by atoms with E-state index in [1.807, 2.05) is 55.5 Å². The molecule has 2 aromatic rings. The number of hydrogen-bond donors (Lipinski definition) is 3. The predicted octanol–water partition coefficient (Wildman–Crippen LogP) is 4.50. The van der Waals surface area contributed by atoms with E-state index in [9.17, 15) is 9.59 Å². The van der Waals surface area contributed by atoms with Crippen molar-refractivity contribution in [2.24, 2.45) is 10.4 Å². The van der Waals surface area contributed by atoms with Gasteiger partial charge in [0.15, 0.2) is 0 Å². The SMILES string of the molecule is Cc1cccc(NC(=O)NC2N=C(C3CCC(C)(C)CCN3)c3ccccc3N(C)C2=O)c1.Cl. The van der Waals surface area contributed by atoms with Gasteiger partial charge < -0.3 is 20.9 Å². The molecule has 0 radical (unpaired) electrons. The van der Waals surface area contributed by atoms with Gasteiger partial charge in [-0.05, 0) is 61.9 Å². The molecule has 0 aliphatic carbocycles. The van der Waals surface area contributed by atoms with Gasteiger partial charge in [-0.25, -0.2) is 4.79 Å². The van der Waals surface area contributed by atoms with Crippen LogP contribution in [0.5, 0.6) is 0 Å². The summed E-state index contributed by atoms with van der Waals surface area (Å²) in [6.07, 6.45) is 2.04. The molecule has 0 saturated carbocycles. The fourth-order valence-corrected chi connectivity index (χ4v) is 4.51. The van der Waals surface area contributed by atoms with Gasteiger partial charge in [0.25, 0.3) is 5.91 Å². The van der Waals surface area contributed by atoms with Gasteiger partial charge in [-0.2, -0.15) is 0 Å². The van der Waals surface area contributed by atoms with Crippen molar-refractivity contribution in [2.75, 3.05) is 23.8 Å². The van der Waals surface area contributed by atoms with E-state index >= 15 is 0 Å². The molecule has 182 valence electrons. The summed E-state index contributed by atoms with van der Waals surface area (Å²) in [7, 11) is 1.73. The number of hydrogen-bond acceptors (Lipinski definition) is 4. The van der Waals surface area contributed by atoms with Crippen LogP contribution in [0.25, 0.3) is 0 Å². The fraction of sp³-hybridized carbons (Fsp3) is 0.423. The van der Waals surface area contributed by atoms with E-state index < -0.39 is 12.2 Å². The van der Waals surface area contributed by atoms with Gasteiger partial charge in [0.1, 0.15) is 0 Å². The van der Waals surface area contributed by atoms with Crippen molar-refractivity contribution in [2.45, 2.75) is 52.2 Å². The lowest BCUT2D eigenvalue weighted by Crippen LogP contribution is -2.47. The summed E-state index contributed by atoms with van der Waals surface area (Å²) >= 11 is 0. The van der Waals surface area contributed by atoms with Crippen LogP contribution >= 0.6 is 12.4 Å². The van der Waals surface area contributed by atoms with E-state index in [4.69, 9.17) is 4.99 Å². The molecule has 0 bridgehead atoms. The average molecular weight is 484 g/mol. The minimum Gasteiger partial charge on any atom is -0.311 e. The van der Waals surface area contributed by atoms with E-state index in [0.717, 1.165) is 48.3 Å². The molecular formula is C26H34ClN5O2. The van der Waals surface area contributed by atoms with Gasteiger partial charge >= 0.3 is 6.03 Å². The summed E-state index contributed by atoms with van der Waals surface area (Å²) in [6, 6.07) is 14.9. The largest absolute Gasteiger partial charge is 0.321 e. The molecule has 2 aromatic carbocycles. The lowest BCUT2D eigenvalue weighted by atomic mass is 9.84. The summed E-state index contributed by atoms with van der Waals surface area (Å²) in [5.41, 5.74) is 4.51. The topological polar surface area (TPSA) is 85.8 Å². The molecule has 2 aliphatic heterocycles. The molecule has 7 nitrogen and oxygen atoms in total. The van der Waals surface area contributed by atoms with Crippen molar-refractivity contribution in [3.63, 3.8) is 0 Å². The lowest BCUT2D eigenvalue weighted by molar-refractivity contribution is -0.119. The zero-order chi connectivity index (χ0) is 23.6. The monoisotopic (exact) mass is 483 g/mol. The van der Waals surface area contributed by atoms with Crippen LogP contribution in [0, 0.1) is 12.3 Å². The first-order valence-corrected chi connectivity index (χ1v) is 11.6. The normalized spacial score (nSPS) is 21.8. The first-order valence-electron chi connectivity index (χ1n) is 11.6. The first kappa shape index (κ1) is 25.7. The molecular weight excluding hydrogens is 450 g/mol. The molecule has 8 heteroatoms. The number of aliphatic imine (C=N–C) groups is 1. The molecule has 3 N–H and O–H groups in total. The maximum atomic E-state index is 13.3.